The normalized spacial score (nSPS) is 11.6. The second-order valence-corrected chi connectivity index (χ2v) is 7.66. The molecule has 0 atom stereocenters. The van der Waals surface area contributed by atoms with E-state index in [2.05, 4.69) is 20.7 Å². The van der Waals surface area contributed by atoms with E-state index in [4.69, 9.17) is 28.9 Å². The molecule has 0 aliphatic rings. The lowest BCUT2D eigenvalue weighted by atomic mass is 10.2. The number of nitrogens with two attached hydrogens (primary N) is 1. The average Bonchev–Trinajstić information content (AvgIpc) is 2.43. The van der Waals surface area contributed by atoms with E-state index in [0.29, 0.717) is 0 Å². The van der Waals surface area contributed by atoms with Crippen LogP contribution in [0.5, 0.6) is 0 Å². The SMILES string of the molecule is Nc1c(Cl)ccc(S(=O)(=O)NCc2cccc(Br)c2)c1Cl. The molecule has 0 unspecified atom stereocenters. The quantitative estimate of drug-likeness (QED) is 0.754. The fraction of sp³-hybridized carbons (Fsp3) is 0.0769. The molecule has 2 aromatic carbocycles. The Morgan fingerprint density at radius 2 is 1.90 bits per heavy atom. The Labute approximate surface area is 141 Å². The monoisotopic (exact) mass is 408 g/mol. The number of hydrogen-bond acceptors (Lipinski definition) is 3. The van der Waals surface area contributed by atoms with E-state index >= 15 is 0 Å². The van der Waals surface area contributed by atoms with E-state index in [-0.39, 0.29) is 27.2 Å². The van der Waals surface area contributed by atoms with Crippen LogP contribution in [0.3, 0.4) is 0 Å². The average molecular weight is 410 g/mol. The summed E-state index contributed by atoms with van der Waals surface area (Å²) < 4.78 is 27.9. The minimum absolute atomic E-state index is 0.0451. The Morgan fingerprint density at radius 1 is 1.19 bits per heavy atom. The first-order valence-electron chi connectivity index (χ1n) is 5.79. The number of nitrogens with one attached hydrogen (secondary N) is 1. The van der Waals surface area contributed by atoms with Gasteiger partial charge in [0.1, 0.15) is 4.90 Å². The van der Waals surface area contributed by atoms with Crippen molar-refractivity contribution < 1.29 is 8.42 Å². The molecule has 2 aromatic rings. The maximum Gasteiger partial charge on any atom is 0.242 e. The van der Waals surface area contributed by atoms with Gasteiger partial charge in [0.25, 0.3) is 0 Å². The molecule has 0 heterocycles. The molecule has 112 valence electrons. The highest BCUT2D eigenvalue weighted by molar-refractivity contribution is 9.10. The lowest BCUT2D eigenvalue weighted by molar-refractivity contribution is 0.581. The first kappa shape index (κ1) is 16.6. The molecule has 0 saturated heterocycles. The summed E-state index contributed by atoms with van der Waals surface area (Å²) in [7, 11) is -3.78. The lowest BCUT2D eigenvalue weighted by Crippen LogP contribution is -2.23. The van der Waals surface area contributed by atoms with Crippen molar-refractivity contribution in [1.29, 1.82) is 0 Å². The second kappa shape index (κ2) is 6.54. The lowest BCUT2D eigenvalue weighted by Gasteiger charge is -2.11. The summed E-state index contributed by atoms with van der Waals surface area (Å²) in [6.07, 6.45) is 0. The smallest absolute Gasteiger partial charge is 0.242 e. The van der Waals surface area contributed by atoms with Gasteiger partial charge < -0.3 is 5.73 Å². The maximum absolute atomic E-state index is 12.3. The zero-order valence-corrected chi connectivity index (χ0v) is 14.5. The molecule has 0 aromatic heterocycles. The summed E-state index contributed by atoms with van der Waals surface area (Å²) in [6.45, 7) is 0.140. The molecule has 21 heavy (non-hydrogen) atoms. The van der Waals surface area contributed by atoms with Crippen molar-refractivity contribution in [3.63, 3.8) is 0 Å². The third-order valence-electron chi connectivity index (χ3n) is 2.74. The van der Waals surface area contributed by atoms with Gasteiger partial charge in [-0.2, -0.15) is 0 Å². The largest absolute Gasteiger partial charge is 0.396 e. The number of halogens is 3. The van der Waals surface area contributed by atoms with Crippen LogP contribution < -0.4 is 10.5 Å². The molecule has 0 saturated carbocycles. The summed E-state index contributed by atoms with van der Waals surface area (Å²) in [6, 6.07) is 10.0. The van der Waals surface area contributed by atoms with Crippen LogP contribution in [0.15, 0.2) is 45.8 Å². The van der Waals surface area contributed by atoms with Gasteiger partial charge in [-0.1, -0.05) is 51.3 Å². The molecule has 2 rings (SSSR count). The van der Waals surface area contributed by atoms with Gasteiger partial charge in [0.15, 0.2) is 0 Å². The molecule has 8 heteroatoms. The van der Waals surface area contributed by atoms with Gasteiger partial charge in [0.2, 0.25) is 10.0 Å². The summed E-state index contributed by atoms with van der Waals surface area (Å²) in [5, 5.41) is 0.134. The third-order valence-corrected chi connectivity index (χ3v) is 5.52. The Bertz CT molecular complexity index is 782. The van der Waals surface area contributed by atoms with Crippen molar-refractivity contribution in [3.05, 3.63) is 56.5 Å². The van der Waals surface area contributed by atoms with Crippen molar-refractivity contribution >= 4 is 54.8 Å². The molecule has 0 spiro atoms. The number of anilines is 1. The molecule has 0 bridgehead atoms. The highest BCUT2D eigenvalue weighted by Crippen LogP contribution is 2.33. The second-order valence-electron chi connectivity index (χ2n) is 4.23. The van der Waals surface area contributed by atoms with Crippen LogP contribution in [0.1, 0.15) is 5.56 Å². The van der Waals surface area contributed by atoms with E-state index in [1.807, 2.05) is 24.3 Å². The van der Waals surface area contributed by atoms with Crippen molar-refractivity contribution in [2.75, 3.05) is 5.73 Å². The number of benzene rings is 2. The van der Waals surface area contributed by atoms with E-state index in [1.54, 1.807) is 0 Å². The van der Waals surface area contributed by atoms with E-state index in [0.717, 1.165) is 10.0 Å². The van der Waals surface area contributed by atoms with Crippen LogP contribution >= 0.6 is 39.1 Å². The number of rotatable bonds is 4. The Kier molecular flexibility index (Phi) is 5.16. The van der Waals surface area contributed by atoms with Crippen LogP contribution in [0.4, 0.5) is 5.69 Å². The molecule has 0 aliphatic heterocycles. The van der Waals surface area contributed by atoms with Crippen LogP contribution in [-0.2, 0) is 16.6 Å². The van der Waals surface area contributed by atoms with Gasteiger partial charge in [-0.05, 0) is 29.8 Å². The van der Waals surface area contributed by atoms with Crippen molar-refractivity contribution in [2.45, 2.75) is 11.4 Å². The topological polar surface area (TPSA) is 72.2 Å². The minimum Gasteiger partial charge on any atom is -0.396 e. The Balaban J connectivity index is 2.25. The predicted molar refractivity (Wildman–Crippen MR) is 89.0 cm³/mol. The number of hydrogen-bond donors (Lipinski definition) is 2. The van der Waals surface area contributed by atoms with Gasteiger partial charge in [-0.25, -0.2) is 13.1 Å². The Morgan fingerprint density at radius 3 is 2.57 bits per heavy atom. The predicted octanol–water partition coefficient (Wildman–Crippen LogP) is 3.82. The molecule has 4 nitrogen and oxygen atoms in total. The first-order valence-corrected chi connectivity index (χ1v) is 8.82. The van der Waals surface area contributed by atoms with E-state index in [1.165, 1.54) is 12.1 Å². The standard InChI is InChI=1S/C13H11BrCl2N2O2S/c14-9-3-1-2-8(6-9)7-18-21(19,20)11-5-4-10(15)13(17)12(11)16/h1-6,18H,7,17H2. The van der Waals surface area contributed by atoms with Crippen molar-refractivity contribution in [2.24, 2.45) is 0 Å². The van der Waals surface area contributed by atoms with Gasteiger partial charge in [0.05, 0.1) is 15.7 Å². The minimum atomic E-state index is -3.78. The van der Waals surface area contributed by atoms with Gasteiger partial charge in [-0.3, -0.25) is 0 Å². The molecule has 3 N–H and O–H groups in total. The van der Waals surface area contributed by atoms with Gasteiger partial charge in [-0.15, -0.1) is 0 Å². The maximum atomic E-state index is 12.3. The van der Waals surface area contributed by atoms with E-state index in [9.17, 15) is 8.42 Å². The summed E-state index contributed by atoms with van der Waals surface area (Å²) in [4.78, 5) is -0.0962. The highest BCUT2D eigenvalue weighted by atomic mass is 79.9. The molecular weight excluding hydrogens is 399 g/mol. The van der Waals surface area contributed by atoms with E-state index < -0.39 is 10.0 Å². The number of sulfonamides is 1. The van der Waals surface area contributed by atoms with Gasteiger partial charge >= 0.3 is 0 Å². The fourth-order valence-electron chi connectivity index (χ4n) is 1.66. The Hall–Kier alpha value is -0.790. The molecular formula is C13H11BrCl2N2O2S. The highest BCUT2D eigenvalue weighted by Gasteiger charge is 2.20. The first-order chi connectivity index (χ1) is 9.81. The molecule has 0 fully saturated rings. The molecule has 0 amide bonds. The summed E-state index contributed by atoms with van der Waals surface area (Å²) in [5.74, 6) is 0. The van der Waals surface area contributed by atoms with Gasteiger partial charge in [0, 0.05) is 11.0 Å². The summed E-state index contributed by atoms with van der Waals surface area (Å²) in [5.41, 5.74) is 6.50. The third kappa shape index (κ3) is 3.90. The zero-order valence-electron chi connectivity index (χ0n) is 10.6. The molecule has 0 aliphatic carbocycles. The van der Waals surface area contributed by atoms with Crippen molar-refractivity contribution in [1.82, 2.24) is 4.72 Å². The molecule has 0 radical (unpaired) electrons. The zero-order chi connectivity index (χ0) is 15.6. The summed E-state index contributed by atoms with van der Waals surface area (Å²) >= 11 is 15.1. The fourth-order valence-corrected chi connectivity index (χ4v) is 3.89. The van der Waals surface area contributed by atoms with Crippen molar-refractivity contribution in [3.8, 4) is 0 Å². The van der Waals surface area contributed by atoms with Crippen LogP contribution in [-0.4, -0.2) is 8.42 Å². The van der Waals surface area contributed by atoms with Crippen LogP contribution in [0.2, 0.25) is 10.0 Å². The van der Waals surface area contributed by atoms with Crippen LogP contribution in [0, 0.1) is 0 Å². The van der Waals surface area contributed by atoms with Crippen LogP contribution in [0.25, 0.3) is 0 Å². The number of nitrogen functional groups attached to an aromatic ring is 1.